The Kier molecular flexibility index (Phi) is 7.02. The molecular formula is C28H28ClNO3S. The van der Waals surface area contributed by atoms with Gasteiger partial charge in [-0.1, -0.05) is 23.7 Å². The van der Waals surface area contributed by atoms with E-state index in [1.165, 1.54) is 10.5 Å². The molecule has 0 bridgehead atoms. The van der Waals surface area contributed by atoms with Crippen molar-refractivity contribution in [1.82, 2.24) is 5.32 Å². The summed E-state index contributed by atoms with van der Waals surface area (Å²) in [7, 11) is 0. The first kappa shape index (κ1) is 23.1. The van der Waals surface area contributed by atoms with E-state index >= 15 is 0 Å². The van der Waals surface area contributed by atoms with Gasteiger partial charge in [0.1, 0.15) is 17.2 Å². The average Bonchev–Trinajstić information content (AvgIpc) is 3.33. The zero-order chi connectivity index (χ0) is 23.5. The quantitative estimate of drug-likeness (QED) is 0.367. The number of thioether (sulfide) groups is 1. The summed E-state index contributed by atoms with van der Waals surface area (Å²) in [6.07, 6.45) is 7.13. The smallest absolute Gasteiger partial charge is 0.251 e. The maximum absolute atomic E-state index is 12.8. The predicted molar refractivity (Wildman–Crippen MR) is 138 cm³/mol. The van der Waals surface area contributed by atoms with Crippen LogP contribution in [0.5, 0.6) is 17.2 Å². The highest BCUT2D eigenvalue weighted by atomic mass is 35.5. The van der Waals surface area contributed by atoms with Crippen LogP contribution in [0, 0.1) is 0 Å². The van der Waals surface area contributed by atoms with E-state index in [1.54, 1.807) is 36.0 Å². The molecule has 176 valence electrons. The molecule has 2 unspecified atom stereocenters. The minimum Gasteiger partial charge on any atom is -0.493 e. The third-order valence-electron chi connectivity index (χ3n) is 6.66. The van der Waals surface area contributed by atoms with E-state index in [4.69, 9.17) is 21.1 Å². The Morgan fingerprint density at radius 1 is 1.09 bits per heavy atom. The van der Waals surface area contributed by atoms with Crippen molar-refractivity contribution < 1.29 is 14.3 Å². The summed E-state index contributed by atoms with van der Waals surface area (Å²) in [5, 5.41) is 3.77. The van der Waals surface area contributed by atoms with Crippen molar-refractivity contribution in [2.24, 2.45) is 0 Å². The molecule has 1 saturated carbocycles. The van der Waals surface area contributed by atoms with Crippen LogP contribution in [0.4, 0.5) is 0 Å². The fourth-order valence-corrected chi connectivity index (χ4v) is 5.42. The number of nitrogens with one attached hydrogen (secondary N) is 1. The van der Waals surface area contributed by atoms with E-state index in [0.717, 1.165) is 43.4 Å². The molecule has 0 radical (unpaired) electrons. The number of fused-ring (bicyclic) bond motifs is 1. The van der Waals surface area contributed by atoms with Crippen molar-refractivity contribution in [1.29, 1.82) is 0 Å². The molecule has 1 aliphatic heterocycles. The number of amides is 1. The highest BCUT2D eigenvalue weighted by Crippen LogP contribution is 2.38. The van der Waals surface area contributed by atoms with Gasteiger partial charge in [0, 0.05) is 22.6 Å². The molecule has 2 atom stereocenters. The Bertz CT molecular complexity index is 1160. The van der Waals surface area contributed by atoms with Gasteiger partial charge in [-0.2, -0.15) is 0 Å². The highest BCUT2D eigenvalue weighted by Gasteiger charge is 2.27. The van der Waals surface area contributed by atoms with Gasteiger partial charge in [0.25, 0.3) is 5.91 Å². The van der Waals surface area contributed by atoms with Gasteiger partial charge in [-0.25, -0.2) is 0 Å². The fourth-order valence-electron chi connectivity index (χ4n) is 4.79. The second kappa shape index (κ2) is 10.3. The number of benzene rings is 3. The molecule has 34 heavy (non-hydrogen) atoms. The molecule has 1 heterocycles. The summed E-state index contributed by atoms with van der Waals surface area (Å²) in [6.45, 7) is 0.712. The van der Waals surface area contributed by atoms with E-state index in [-0.39, 0.29) is 11.9 Å². The Labute approximate surface area is 210 Å². The van der Waals surface area contributed by atoms with Crippen molar-refractivity contribution in [3.63, 3.8) is 0 Å². The van der Waals surface area contributed by atoms with Crippen LogP contribution in [0.15, 0.2) is 65.6 Å². The van der Waals surface area contributed by atoms with E-state index in [9.17, 15) is 4.79 Å². The second-order valence-corrected chi connectivity index (χ2v) is 10.2. The monoisotopic (exact) mass is 493 g/mol. The first-order valence-corrected chi connectivity index (χ1v) is 13.4. The Morgan fingerprint density at radius 2 is 1.88 bits per heavy atom. The zero-order valence-corrected chi connectivity index (χ0v) is 20.8. The number of carbonyl (C=O) groups excluding carboxylic acids is 1. The summed E-state index contributed by atoms with van der Waals surface area (Å²) in [6, 6.07) is 20.0. The predicted octanol–water partition coefficient (Wildman–Crippen LogP) is 7.25. The summed E-state index contributed by atoms with van der Waals surface area (Å²) in [5.41, 5.74) is 3.10. The summed E-state index contributed by atoms with van der Waals surface area (Å²) in [4.78, 5) is 14.1. The molecule has 2 aliphatic rings. The fraction of sp³-hybridized carbons (Fsp3) is 0.321. The van der Waals surface area contributed by atoms with E-state index in [0.29, 0.717) is 34.6 Å². The first-order valence-electron chi connectivity index (χ1n) is 11.8. The highest BCUT2D eigenvalue weighted by molar-refractivity contribution is 7.98. The van der Waals surface area contributed by atoms with Crippen molar-refractivity contribution >= 4 is 29.3 Å². The van der Waals surface area contributed by atoms with Crippen molar-refractivity contribution in [3.05, 3.63) is 82.4 Å². The number of aryl methyl sites for hydroxylation is 1. The number of ether oxygens (including phenoxy) is 2. The summed E-state index contributed by atoms with van der Waals surface area (Å²) in [5.74, 6) is 2.47. The average molecular weight is 494 g/mol. The second-order valence-electron chi connectivity index (χ2n) is 8.92. The van der Waals surface area contributed by atoms with Crippen molar-refractivity contribution in [2.45, 2.75) is 49.0 Å². The molecule has 1 fully saturated rings. The van der Waals surface area contributed by atoms with Gasteiger partial charge in [0.2, 0.25) is 0 Å². The Morgan fingerprint density at radius 3 is 2.65 bits per heavy atom. The molecule has 4 nitrogen and oxygen atoms in total. The third kappa shape index (κ3) is 5.21. The van der Waals surface area contributed by atoms with E-state index in [2.05, 4.69) is 35.8 Å². The van der Waals surface area contributed by atoms with Crippen LogP contribution in [-0.2, 0) is 6.42 Å². The number of hydrogen-bond acceptors (Lipinski definition) is 4. The zero-order valence-electron chi connectivity index (χ0n) is 19.2. The SMILES string of the molecule is CSc1ccc(C2CCC(NC(=O)c3ccc(Oc4cc5c(cc4Cl)CCCO5)cc3)C2)cc1. The summed E-state index contributed by atoms with van der Waals surface area (Å²) < 4.78 is 11.7. The Balaban J connectivity index is 1.18. The molecule has 1 N–H and O–H groups in total. The van der Waals surface area contributed by atoms with Gasteiger partial charge >= 0.3 is 0 Å². The lowest BCUT2D eigenvalue weighted by Gasteiger charge is -2.19. The maximum atomic E-state index is 12.8. The molecule has 0 saturated heterocycles. The topological polar surface area (TPSA) is 47.6 Å². The minimum absolute atomic E-state index is 0.0462. The van der Waals surface area contributed by atoms with Crippen LogP contribution in [0.25, 0.3) is 0 Å². The van der Waals surface area contributed by atoms with Crippen LogP contribution in [0.2, 0.25) is 5.02 Å². The minimum atomic E-state index is -0.0462. The molecule has 3 aromatic carbocycles. The van der Waals surface area contributed by atoms with Gasteiger partial charge in [-0.05, 0) is 97.9 Å². The first-order chi connectivity index (χ1) is 16.6. The van der Waals surface area contributed by atoms with Crippen molar-refractivity contribution in [2.75, 3.05) is 12.9 Å². The molecular weight excluding hydrogens is 466 g/mol. The normalized spacial score (nSPS) is 19.2. The molecule has 1 amide bonds. The lowest BCUT2D eigenvalue weighted by molar-refractivity contribution is 0.0937. The van der Waals surface area contributed by atoms with E-state index < -0.39 is 0 Å². The van der Waals surface area contributed by atoms with Crippen LogP contribution in [-0.4, -0.2) is 24.8 Å². The summed E-state index contributed by atoms with van der Waals surface area (Å²) >= 11 is 8.17. The molecule has 3 aromatic rings. The Hall–Kier alpha value is -2.63. The van der Waals surface area contributed by atoms with E-state index in [1.807, 2.05) is 12.1 Å². The van der Waals surface area contributed by atoms with Gasteiger partial charge in [-0.15, -0.1) is 11.8 Å². The van der Waals surface area contributed by atoms with Crippen LogP contribution >= 0.6 is 23.4 Å². The molecule has 0 aromatic heterocycles. The van der Waals surface area contributed by atoms with Crippen LogP contribution in [0.1, 0.15) is 53.1 Å². The number of halogens is 1. The van der Waals surface area contributed by atoms with Gasteiger partial charge in [0.05, 0.1) is 11.6 Å². The molecule has 6 heteroatoms. The number of rotatable bonds is 6. The van der Waals surface area contributed by atoms with Gasteiger partial charge in [0.15, 0.2) is 0 Å². The van der Waals surface area contributed by atoms with Crippen molar-refractivity contribution in [3.8, 4) is 17.2 Å². The third-order valence-corrected chi connectivity index (χ3v) is 7.70. The largest absolute Gasteiger partial charge is 0.493 e. The molecule has 0 spiro atoms. The molecule has 5 rings (SSSR count). The van der Waals surface area contributed by atoms with Crippen LogP contribution in [0.3, 0.4) is 0 Å². The number of carbonyl (C=O) groups is 1. The lowest BCUT2D eigenvalue weighted by Crippen LogP contribution is -2.32. The number of hydrogen-bond donors (Lipinski definition) is 1. The van der Waals surface area contributed by atoms with Crippen LogP contribution < -0.4 is 14.8 Å². The van der Waals surface area contributed by atoms with Gasteiger partial charge < -0.3 is 14.8 Å². The lowest BCUT2D eigenvalue weighted by atomic mass is 9.97. The standard InChI is InChI=1S/C28H28ClNO3S/c1-34-24-12-7-18(8-13-24)20-4-9-22(15-20)30-28(31)19-5-10-23(11-6-19)33-27-17-26-21(16-25(27)29)3-2-14-32-26/h5-8,10-13,16-17,20,22H,2-4,9,14-15H2,1H3,(H,30,31). The molecule has 1 aliphatic carbocycles. The maximum Gasteiger partial charge on any atom is 0.251 e. The van der Waals surface area contributed by atoms with Gasteiger partial charge in [-0.3, -0.25) is 4.79 Å².